The number of aromatic nitrogens is 2. The average molecular weight is 380 g/mol. The third-order valence-electron chi connectivity index (χ3n) is 3.50. The van der Waals surface area contributed by atoms with Crippen molar-refractivity contribution in [2.75, 3.05) is 11.6 Å². The molecule has 0 saturated carbocycles. The van der Waals surface area contributed by atoms with E-state index in [1.807, 2.05) is 30.7 Å². The summed E-state index contributed by atoms with van der Waals surface area (Å²) in [6, 6.07) is 7.19. The minimum Gasteiger partial charge on any atom is -0.323 e. The number of thioether (sulfide) groups is 1. The number of anilines is 1. The molecule has 0 bridgehead atoms. The Balaban J connectivity index is 1.93. The van der Waals surface area contributed by atoms with Crippen LogP contribution in [-0.2, 0) is 11.3 Å². The third kappa shape index (κ3) is 3.19. The third-order valence-corrected chi connectivity index (χ3v) is 5.38. The summed E-state index contributed by atoms with van der Waals surface area (Å²) < 4.78 is 1.94. The molecule has 24 heavy (non-hydrogen) atoms. The molecule has 124 valence electrons. The smallest absolute Gasteiger partial charge is 0.272 e. The van der Waals surface area contributed by atoms with Gasteiger partial charge in [0, 0.05) is 0 Å². The summed E-state index contributed by atoms with van der Waals surface area (Å²) in [6.07, 6.45) is 1.83. The highest BCUT2D eigenvalue weighted by molar-refractivity contribution is 7.98. The Morgan fingerprint density at radius 1 is 1.42 bits per heavy atom. The molecule has 1 aromatic carbocycles. The number of nitrogens with one attached hydrogen (secondary N) is 1. The van der Waals surface area contributed by atoms with E-state index >= 15 is 0 Å². The Labute approximate surface area is 151 Å². The quantitative estimate of drug-likeness (QED) is 0.553. The van der Waals surface area contributed by atoms with Gasteiger partial charge < -0.3 is 5.32 Å². The van der Waals surface area contributed by atoms with E-state index in [0.29, 0.717) is 26.1 Å². The van der Waals surface area contributed by atoms with E-state index in [-0.39, 0.29) is 18.0 Å². The van der Waals surface area contributed by atoms with Crippen LogP contribution in [0.15, 0.2) is 39.6 Å². The Hall–Kier alpha value is -1.83. The number of hydrogen-bond donors (Lipinski definition) is 1. The fourth-order valence-corrected chi connectivity index (χ4v) is 3.94. The lowest BCUT2D eigenvalue weighted by atomic mass is 10.2. The Morgan fingerprint density at radius 2 is 2.21 bits per heavy atom. The van der Waals surface area contributed by atoms with Crippen LogP contribution < -0.4 is 10.9 Å². The van der Waals surface area contributed by atoms with Crippen molar-refractivity contribution < 1.29 is 4.79 Å². The molecule has 8 heteroatoms. The molecule has 0 aliphatic heterocycles. The van der Waals surface area contributed by atoms with Crippen molar-refractivity contribution in [3.05, 3.63) is 50.6 Å². The van der Waals surface area contributed by atoms with Gasteiger partial charge in [-0.3, -0.25) is 14.2 Å². The van der Waals surface area contributed by atoms with Gasteiger partial charge >= 0.3 is 0 Å². The fourth-order valence-electron chi connectivity index (χ4n) is 2.33. The minimum atomic E-state index is -0.318. The molecular weight excluding hydrogens is 366 g/mol. The lowest BCUT2D eigenvalue weighted by Gasteiger charge is -2.13. The van der Waals surface area contributed by atoms with Gasteiger partial charge in [-0.05, 0) is 36.3 Å². The summed E-state index contributed by atoms with van der Waals surface area (Å²) in [6.45, 7) is 1.75. The predicted molar refractivity (Wildman–Crippen MR) is 100 cm³/mol. The number of halogens is 1. The summed E-state index contributed by atoms with van der Waals surface area (Å²) in [5.41, 5.74) is 1.88. The second-order valence-corrected chi connectivity index (χ2v) is 7.20. The first-order valence-corrected chi connectivity index (χ1v) is 9.56. The van der Waals surface area contributed by atoms with E-state index in [1.165, 1.54) is 27.7 Å². The summed E-state index contributed by atoms with van der Waals surface area (Å²) >= 11 is 8.79. The van der Waals surface area contributed by atoms with Gasteiger partial charge in [-0.1, -0.05) is 35.5 Å². The number of hydrogen-bond acceptors (Lipinski definition) is 5. The standard InChI is InChI=1S/C16H14ClN3O2S2/c1-9-4-3-5-10(17)13(9)19-12(21)8-20-15(22)14-11(6-7-24-14)18-16(20)23-2/h3-7H,8H2,1-2H3,(H,19,21). The average Bonchev–Trinajstić information content (AvgIpc) is 3.02. The fraction of sp³-hybridized carbons (Fsp3) is 0.188. The maximum Gasteiger partial charge on any atom is 0.272 e. The Morgan fingerprint density at radius 3 is 2.92 bits per heavy atom. The first kappa shape index (κ1) is 17.0. The van der Waals surface area contributed by atoms with Crippen molar-refractivity contribution in [3.63, 3.8) is 0 Å². The number of amides is 1. The maximum atomic E-state index is 12.6. The van der Waals surface area contributed by atoms with Gasteiger partial charge in [0.25, 0.3) is 5.56 Å². The van der Waals surface area contributed by atoms with Crippen LogP contribution in [-0.4, -0.2) is 21.7 Å². The molecule has 0 atom stereocenters. The topological polar surface area (TPSA) is 64.0 Å². The lowest BCUT2D eigenvalue weighted by Crippen LogP contribution is -2.29. The van der Waals surface area contributed by atoms with Crippen LogP contribution in [0.2, 0.25) is 5.02 Å². The van der Waals surface area contributed by atoms with Gasteiger partial charge in [-0.15, -0.1) is 11.3 Å². The van der Waals surface area contributed by atoms with Gasteiger partial charge in [0.05, 0.1) is 16.2 Å². The maximum absolute atomic E-state index is 12.6. The molecule has 2 aromatic heterocycles. The SMILES string of the molecule is CSc1nc2ccsc2c(=O)n1CC(=O)Nc1c(C)cccc1Cl. The number of nitrogens with zero attached hydrogens (tertiary/aromatic N) is 2. The zero-order valence-electron chi connectivity index (χ0n) is 13.0. The van der Waals surface area contributed by atoms with Crippen LogP contribution in [0, 0.1) is 6.92 Å². The molecule has 0 radical (unpaired) electrons. The van der Waals surface area contributed by atoms with Gasteiger partial charge in [-0.25, -0.2) is 4.98 Å². The first-order valence-electron chi connectivity index (χ1n) is 7.08. The van der Waals surface area contributed by atoms with Crippen LogP contribution in [0.5, 0.6) is 0 Å². The molecule has 0 aliphatic carbocycles. The van der Waals surface area contributed by atoms with Gasteiger partial charge in [0.1, 0.15) is 11.2 Å². The molecule has 0 unspecified atom stereocenters. The van der Waals surface area contributed by atoms with E-state index in [0.717, 1.165) is 5.56 Å². The van der Waals surface area contributed by atoms with Gasteiger partial charge in [0.15, 0.2) is 5.16 Å². The minimum absolute atomic E-state index is 0.111. The summed E-state index contributed by atoms with van der Waals surface area (Å²) in [5, 5.41) is 5.58. The summed E-state index contributed by atoms with van der Waals surface area (Å²) in [5.74, 6) is -0.318. The molecule has 3 aromatic rings. The Bertz CT molecular complexity index is 961. The van der Waals surface area contributed by atoms with E-state index in [4.69, 9.17) is 11.6 Å². The number of para-hydroxylation sites is 1. The van der Waals surface area contributed by atoms with Crippen LogP contribution in [0.25, 0.3) is 10.2 Å². The number of benzene rings is 1. The lowest BCUT2D eigenvalue weighted by molar-refractivity contribution is -0.116. The molecule has 0 saturated heterocycles. The molecule has 1 amide bonds. The van der Waals surface area contributed by atoms with E-state index < -0.39 is 0 Å². The normalized spacial score (nSPS) is 11.0. The number of carbonyl (C=O) groups excluding carboxylic acids is 1. The molecule has 0 spiro atoms. The van der Waals surface area contributed by atoms with Crippen LogP contribution >= 0.6 is 34.7 Å². The number of aryl methyl sites for hydroxylation is 1. The van der Waals surface area contributed by atoms with Crippen molar-refractivity contribution >= 4 is 56.5 Å². The molecular formula is C16H14ClN3O2S2. The highest BCUT2D eigenvalue weighted by Gasteiger charge is 2.15. The zero-order chi connectivity index (χ0) is 17.3. The Kier molecular flexibility index (Phi) is 4.93. The van der Waals surface area contributed by atoms with Crippen molar-refractivity contribution in [1.29, 1.82) is 0 Å². The van der Waals surface area contributed by atoms with Gasteiger partial charge in [0.2, 0.25) is 5.91 Å². The number of thiophene rings is 1. The summed E-state index contributed by atoms with van der Waals surface area (Å²) in [4.78, 5) is 29.5. The van der Waals surface area contributed by atoms with Crippen molar-refractivity contribution in [1.82, 2.24) is 9.55 Å². The van der Waals surface area contributed by atoms with Crippen molar-refractivity contribution in [3.8, 4) is 0 Å². The van der Waals surface area contributed by atoms with Crippen LogP contribution in [0.1, 0.15) is 5.56 Å². The molecule has 0 aliphatic rings. The highest BCUT2D eigenvalue weighted by Crippen LogP contribution is 2.25. The summed E-state index contributed by atoms with van der Waals surface area (Å²) in [7, 11) is 0. The second-order valence-electron chi connectivity index (χ2n) is 5.10. The molecule has 1 N–H and O–H groups in total. The van der Waals surface area contributed by atoms with Crippen molar-refractivity contribution in [2.45, 2.75) is 18.6 Å². The predicted octanol–water partition coefficient (Wildman–Crippen LogP) is 3.78. The van der Waals surface area contributed by atoms with Crippen molar-refractivity contribution in [2.24, 2.45) is 0 Å². The van der Waals surface area contributed by atoms with Crippen LogP contribution in [0.3, 0.4) is 0 Å². The monoisotopic (exact) mass is 379 g/mol. The zero-order valence-corrected chi connectivity index (χ0v) is 15.4. The van der Waals surface area contributed by atoms with Gasteiger partial charge in [-0.2, -0.15) is 0 Å². The molecule has 2 heterocycles. The molecule has 3 rings (SSSR count). The van der Waals surface area contributed by atoms with E-state index in [2.05, 4.69) is 10.3 Å². The van der Waals surface area contributed by atoms with Crippen LogP contribution in [0.4, 0.5) is 5.69 Å². The largest absolute Gasteiger partial charge is 0.323 e. The second kappa shape index (κ2) is 6.96. The molecule has 0 fully saturated rings. The van der Waals surface area contributed by atoms with E-state index in [9.17, 15) is 9.59 Å². The number of fused-ring (bicyclic) bond motifs is 1. The number of rotatable bonds is 4. The molecule has 5 nitrogen and oxygen atoms in total. The van der Waals surface area contributed by atoms with E-state index in [1.54, 1.807) is 12.1 Å². The number of carbonyl (C=O) groups is 1. The highest BCUT2D eigenvalue weighted by atomic mass is 35.5. The first-order chi connectivity index (χ1) is 11.5.